The molecule has 100 valence electrons. The number of hydrogen-bond acceptors (Lipinski definition) is 7. The summed E-state index contributed by atoms with van der Waals surface area (Å²) in [5.41, 5.74) is 0.720. The molecule has 0 radical (unpaired) electrons. The zero-order chi connectivity index (χ0) is 13.7. The van der Waals surface area contributed by atoms with Crippen molar-refractivity contribution in [1.82, 2.24) is 24.9 Å². The molecule has 0 fully saturated rings. The highest BCUT2D eigenvalue weighted by Gasteiger charge is 2.10. The van der Waals surface area contributed by atoms with Gasteiger partial charge in [-0.2, -0.15) is 15.0 Å². The van der Waals surface area contributed by atoms with Crippen LogP contribution >= 0.6 is 0 Å². The minimum Gasteiger partial charge on any atom is -0.461 e. The highest BCUT2D eigenvalue weighted by Crippen LogP contribution is 2.17. The van der Waals surface area contributed by atoms with E-state index >= 15 is 0 Å². The predicted molar refractivity (Wildman–Crippen MR) is 70.8 cm³/mol. The molecule has 7 heteroatoms. The highest BCUT2D eigenvalue weighted by atomic mass is 16.5. The van der Waals surface area contributed by atoms with Gasteiger partial charge in [0, 0.05) is 18.9 Å². The molecule has 0 aliphatic rings. The molecule has 0 saturated heterocycles. The number of hydrogen-bond donors (Lipinski definition) is 1. The van der Waals surface area contributed by atoms with Gasteiger partial charge in [0.15, 0.2) is 5.82 Å². The van der Waals surface area contributed by atoms with Crippen molar-refractivity contribution in [2.24, 2.45) is 0 Å². The van der Waals surface area contributed by atoms with Gasteiger partial charge in [0.05, 0.1) is 11.7 Å². The molecule has 0 bridgehead atoms. The summed E-state index contributed by atoms with van der Waals surface area (Å²) in [4.78, 5) is 20.7. The SMILES string of the molecule is CCNc1nc(OC(C)C)nc(-c2cncnc2)n1. The van der Waals surface area contributed by atoms with Gasteiger partial charge in [-0.25, -0.2) is 9.97 Å². The summed E-state index contributed by atoms with van der Waals surface area (Å²) in [7, 11) is 0. The van der Waals surface area contributed by atoms with E-state index in [1.54, 1.807) is 12.4 Å². The maximum atomic E-state index is 5.52. The first-order valence-electron chi connectivity index (χ1n) is 6.11. The third-order valence-corrected chi connectivity index (χ3v) is 2.11. The van der Waals surface area contributed by atoms with Crippen LogP contribution in [0.2, 0.25) is 0 Å². The smallest absolute Gasteiger partial charge is 0.322 e. The van der Waals surface area contributed by atoms with E-state index < -0.39 is 0 Å². The van der Waals surface area contributed by atoms with Gasteiger partial charge in [0.2, 0.25) is 5.95 Å². The summed E-state index contributed by atoms with van der Waals surface area (Å²) in [6.07, 6.45) is 4.76. The van der Waals surface area contributed by atoms with Crippen molar-refractivity contribution in [1.29, 1.82) is 0 Å². The first kappa shape index (κ1) is 13.1. The largest absolute Gasteiger partial charge is 0.461 e. The molecule has 0 saturated carbocycles. The normalized spacial score (nSPS) is 10.5. The van der Waals surface area contributed by atoms with E-state index in [-0.39, 0.29) is 6.10 Å². The Kier molecular flexibility index (Phi) is 4.17. The van der Waals surface area contributed by atoms with Crippen molar-refractivity contribution in [2.75, 3.05) is 11.9 Å². The van der Waals surface area contributed by atoms with Crippen LogP contribution in [0.4, 0.5) is 5.95 Å². The van der Waals surface area contributed by atoms with Crippen LogP contribution in [-0.4, -0.2) is 37.6 Å². The van der Waals surface area contributed by atoms with Crippen LogP contribution in [0.15, 0.2) is 18.7 Å². The number of aromatic nitrogens is 5. The molecule has 0 unspecified atom stereocenters. The minimum absolute atomic E-state index is 0.00301. The van der Waals surface area contributed by atoms with E-state index in [1.165, 1.54) is 6.33 Å². The van der Waals surface area contributed by atoms with E-state index in [9.17, 15) is 0 Å². The molecule has 2 rings (SSSR count). The molecule has 0 aromatic carbocycles. The Hall–Kier alpha value is -2.31. The van der Waals surface area contributed by atoms with Crippen LogP contribution in [0.3, 0.4) is 0 Å². The summed E-state index contributed by atoms with van der Waals surface area (Å²) in [5, 5.41) is 3.05. The van der Waals surface area contributed by atoms with Crippen molar-refractivity contribution in [3.05, 3.63) is 18.7 Å². The standard InChI is InChI=1S/C12H16N6O/c1-4-15-11-16-10(9-5-13-7-14-6-9)17-12(18-11)19-8(2)3/h5-8H,4H2,1-3H3,(H,15,16,17,18). The van der Waals surface area contributed by atoms with Crippen molar-refractivity contribution >= 4 is 5.95 Å². The van der Waals surface area contributed by atoms with Gasteiger partial charge in [-0.3, -0.25) is 0 Å². The summed E-state index contributed by atoms with van der Waals surface area (Å²) in [6, 6.07) is 0.291. The average molecular weight is 260 g/mol. The second kappa shape index (κ2) is 6.03. The Morgan fingerprint density at radius 1 is 1.16 bits per heavy atom. The average Bonchev–Trinajstić information content (AvgIpc) is 2.39. The van der Waals surface area contributed by atoms with Gasteiger partial charge in [-0.1, -0.05) is 0 Å². The van der Waals surface area contributed by atoms with Crippen LogP contribution in [-0.2, 0) is 0 Å². The van der Waals surface area contributed by atoms with Crippen LogP contribution in [0, 0.1) is 0 Å². The van der Waals surface area contributed by atoms with Gasteiger partial charge >= 0.3 is 6.01 Å². The van der Waals surface area contributed by atoms with Crippen molar-refractivity contribution in [2.45, 2.75) is 26.9 Å². The minimum atomic E-state index is -0.00301. The summed E-state index contributed by atoms with van der Waals surface area (Å²) in [5.74, 6) is 0.967. The molecule has 19 heavy (non-hydrogen) atoms. The number of rotatable bonds is 5. The van der Waals surface area contributed by atoms with E-state index in [2.05, 4.69) is 30.2 Å². The van der Waals surface area contributed by atoms with Gasteiger partial charge < -0.3 is 10.1 Å². The monoisotopic (exact) mass is 260 g/mol. The van der Waals surface area contributed by atoms with Crippen LogP contribution in [0.1, 0.15) is 20.8 Å². The molecule has 0 atom stereocenters. The lowest BCUT2D eigenvalue weighted by Crippen LogP contribution is -2.12. The second-order valence-corrected chi connectivity index (χ2v) is 4.09. The Balaban J connectivity index is 2.39. The van der Waals surface area contributed by atoms with Gasteiger partial charge in [0.25, 0.3) is 0 Å². The Morgan fingerprint density at radius 3 is 2.53 bits per heavy atom. The molecular weight excluding hydrogens is 244 g/mol. The van der Waals surface area contributed by atoms with Gasteiger partial charge in [-0.05, 0) is 20.8 Å². The first-order chi connectivity index (χ1) is 9.19. The molecule has 2 aromatic rings. The van der Waals surface area contributed by atoms with Gasteiger partial charge in [-0.15, -0.1) is 0 Å². The summed E-state index contributed by atoms with van der Waals surface area (Å²) in [6.45, 7) is 6.53. The Bertz CT molecular complexity index is 531. The number of nitrogens with one attached hydrogen (secondary N) is 1. The third kappa shape index (κ3) is 3.57. The molecule has 0 aliphatic carbocycles. The van der Waals surface area contributed by atoms with Gasteiger partial charge in [0.1, 0.15) is 6.33 Å². The van der Waals surface area contributed by atoms with Crippen LogP contribution < -0.4 is 10.1 Å². The van der Waals surface area contributed by atoms with E-state index in [1.807, 2.05) is 20.8 Å². The zero-order valence-electron chi connectivity index (χ0n) is 11.2. The number of nitrogens with zero attached hydrogens (tertiary/aromatic N) is 5. The Morgan fingerprint density at radius 2 is 1.89 bits per heavy atom. The maximum Gasteiger partial charge on any atom is 0.322 e. The maximum absolute atomic E-state index is 5.52. The van der Waals surface area contributed by atoms with Crippen molar-refractivity contribution < 1.29 is 4.74 Å². The molecule has 7 nitrogen and oxygen atoms in total. The molecule has 1 N–H and O–H groups in total. The second-order valence-electron chi connectivity index (χ2n) is 4.09. The van der Waals surface area contributed by atoms with Crippen LogP contribution in [0.25, 0.3) is 11.4 Å². The topological polar surface area (TPSA) is 85.7 Å². The summed E-state index contributed by atoms with van der Waals surface area (Å²) >= 11 is 0. The molecule has 0 amide bonds. The molecule has 0 spiro atoms. The van der Waals surface area contributed by atoms with Crippen molar-refractivity contribution in [3.63, 3.8) is 0 Å². The molecule has 2 aromatic heterocycles. The van der Waals surface area contributed by atoms with E-state index in [0.29, 0.717) is 17.8 Å². The fourth-order valence-corrected chi connectivity index (χ4v) is 1.40. The quantitative estimate of drug-likeness (QED) is 0.872. The van der Waals surface area contributed by atoms with E-state index in [4.69, 9.17) is 4.74 Å². The summed E-state index contributed by atoms with van der Waals surface area (Å²) < 4.78 is 5.52. The predicted octanol–water partition coefficient (Wildman–Crippen LogP) is 1.55. The first-order valence-corrected chi connectivity index (χ1v) is 6.11. The number of ether oxygens (including phenoxy) is 1. The molecule has 2 heterocycles. The van der Waals surface area contributed by atoms with Crippen LogP contribution in [0.5, 0.6) is 6.01 Å². The van der Waals surface area contributed by atoms with Crippen molar-refractivity contribution in [3.8, 4) is 17.4 Å². The Labute approximate surface area is 111 Å². The lowest BCUT2D eigenvalue weighted by Gasteiger charge is -2.10. The third-order valence-electron chi connectivity index (χ3n) is 2.11. The zero-order valence-corrected chi connectivity index (χ0v) is 11.2. The van der Waals surface area contributed by atoms with E-state index in [0.717, 1.165) is 12.1 Å². The lowest BCUT2D eigenvalue weighted by molar-refractivity contribution is 0.222. The fraction of sp³-hybridized carbons (Fsp3) is 0.417. The number of anilines is 1. The molecular formula is C12H16N6O. The molecule has 0 aliphatic heterocycles. The lowest BCUT2D eigenvalue weighted by atomic mass is 10.3. The highest BCUT2D eigenvalue weighted by molar-refractivity contribution is 5.53. The fourth-order valence-electron chi connectivity index (χ4n) is 1.40.